The van der Waals surface area contributed by atoms with Crippen molar-refractivity contribution in [2.75, 3.05) is 11.9 Å². The Labute approximate surface area is 225 Å². The summed E-state index contributed by atoms with van der Waals surface area (Å²) in [5, 5.41) is 2.65. The number of hydrogen-bond acceptors (Lipinski definition) is 5. The summed E-state index contributed by atoms with van der Waals surface area (Å²) in [4.78, 5) is 25.8. The summed E-state index contributed by atoms with van der Waals surface area (Å²) in [6.45, 7) is 6.15. The first-order chi connectivity index (χ1) is 19.2. The van der Waals surface area contributed by atoms with Gasteiger partial charge < -0.3 is 10.1 Å². The van der Waals surface area contributed by atoms with Crippen LogP contribution >= 0.6 is 0 Å². The lowest BCUT2D eigenvalue weighted by Crippen LogP contribution is -2.18. The van der Waals surface area contributed by atoms with E-state index in [1.807, 2.05) is 13.0 Å². The van der Waals surface area contributed by atoms with E-state index in [9.17, 15) is 18.0 Å². The van der Waals surface area contributed by atoms with Crippen molar-refractivity contribution in [2.24, 2.45) is 0 Å². The Hall–Kier alpha value is -5.06. The number of nitrogens with one attached hydrogen (secondary N) is 1. The molecule has 202 valence electrons. The molecule has 7 nitrogen and oxygen atoms in total. The Morgan fingerprint density at radius 1 is 1.05 bits per heavy atom. The standard InChI is InChI=1S/C29H21F4N5O2/c1-3-40-17(2)19-10-13-38-24(14-19)36-25(18-8-5-4-6-9-18)27(38)37-28(39)21-15-20(26-34-11-7-12-35-26)22(16-23(21)30)29(31,32)33/h4-16H,2-3H2,1H3,(H,37,39). The molecule has 0 saturated carbocycles. The number of carbonyl (C=O) groups excluding carboxylic acids is 1. The van der Waals surface area contributed by atoms with Crippen molar-refractivity contribution in [1.29, 1.82) is 0 Å². The smallest absolute Gasteiger partial charge is 0.417 e. The highest BCUT2D eigenvalue weighted by atomic mass is 19.4. The number of hydrogen-bond donors (Lipinski definition) is 1. The normalized spacial score (nSPS) is 11.4. The molecule has 1 N–H and O–H groups in total. The van der Waals surface area contributed by atoms with E-state index in [1.54, 1.807) is 47.0 Å². The molecule has 3 heterocycles. The molecule has 0 aliphatic heterocycles. The van der Waals surface area contributed by atoms with Crippen LogP contribution in [0.15, 0.2) is 85.8 Å². The summed E-state index contributed by atoms with van der Waals surface area (Å²) < 4.78 is 63.4. The zero-order valence-electron chi connectivity index (χ0n) is 21.0. The number of alkyl halides is 3. The molecule has 0 aliphatic rings. The third kappa shape index (κ3) is 5.13. The molecule has 0 unspecified atom stereocenters. The number of rotatable bonds is 7. The van der Waals surface area contributed by atoms with Gasteiger partial charge in [-0.2, -0.15) is 13.2 Å². The van der Waals surface area contributed by atoms with E-state index in [-0.39, 0.29) is 17.7 Å². The van der Waals surface area contributed by atoms with Crippen LogP contribution in [0, 0.1) is 5.82 Å². The number of carbonyl (C=O) groups is 1. The second-order valence-corrected chi connectivity index (χ2v) is 8.58. The molecule has 0 bridgehead atoms. The highest BCUT2D eigenvalue weighted by Crippen LogP contribution is 2.38. The fourth-order valence-electron chi connectivity index (χ4n) is 4.17. The number of amides is 1. The predicted octanol–water partition coefficient (Wildman–Crippen LogP) is 6.88. The molecule has 0 radical (unpaired) electrons. The van der Waals surface area contributed by atoms with Crippen molar-refractivity contribution >= 4 is 23.1 Å². The van der Waals surface area contributed by atoms with Crippen LogP contribution in [0.2, 0.25) is 0 Å². The number of fused-ring (bicyclic) bond motifs is 1. The Morgan fingerprint density at radius 3 is 2.45 bits per heavy atom. The Morgan fingerprint density at radius 2 is 1.77 bits per heavy atom. The van der Waals surface area contributed by atoms with Gasteiger partial charge in [0, 0.05) is 35.3 Å². The number of nitrogens with zero attached hydrogens (tertiary/aromatic N) is 4. The van der Waals surface area contributed by atoms with Crippen molar-refractivity contribution in [3.63, 3.8) is 0 Å². The van der Waals surface area contributed by atoms with E-state index in [0.717, 1.165) is 6.07 Å². The Kier molecular flexibility index (Phi) is 7.03. The predicted molar refractivity (Wildman–Crippen MR) is 142 cm³/mol. The molecule has 1 amide bonds. The van der Waals surface area contributed by atoms with Gasteiger partial charge in [0.1, 0.15) is 28.7 Å². The first kappa shape index (κ1) is 26.5. The van der Waals surface area contributed by atoms with Crippen LogP contribution in [0.1, 0.15) is 28.4 Å². The fraction of sp³-hybridized carbons (Fsp3) is 0.103. The van der Waals surface area contributed by atoms with Crippen molar-refractivity contribution in [3.05, 3.63) is 108 Å². The van der Waals surface area contributed by atoms with Crippen LogP contribution in [-0.4, -0.2) is 31.9 Å². The summed E-state index contributed by atoms with van der Waals surface area (Å²) >= 11 is 0. The number of benzene rings is 2. The van der Waals surface area contributed by atoms with Crippen LogP contribution in [0.4, 0.5) is 23.4 Å². The molecular weight excluding hydrogens is 526 g/mol. The minimum atomic E-state index is -4.91. The molecule has 2 aromatic carbocycles. The highest BCUT2D eigenvalue weighted by molar-refractivity contribution is 6.06. The average Bonchev–Trinajstić information content (AvgIpc) is 3.30. The van der Waals surface area contributed by atoms with Crippen LogP contribution in [0.5, 0.6) is 0 Å². The van der Waals surface area contributed by atoms with Gasteiger partial charge in [0.2, 0.25) is 0 Å². The lowest BCUT2D eigenvalue weighted by atomic mass is 10.0. The van der Waals surface area contributed by atoms with Gasteiger partial charge in [-0.3, -0.25) is 9.20 Å². The van der Waals surface area contributed by atoms with Gasteiger partial charge in [-0.15, -0.1) is 0 Å². The maximum Gasteiger partial charge on any atom is 0.417 e. The Balaban J connectivity index is 1.62. The molecule has 0 spiro atoms. The highest BCUT2D eigenvalue weighted by Gasteiger charge is 2.36. The average molecular weight is 548 g/mol. The summed E-state index contributed by atoms with van der Waals surface area (Å²) in [6.07, 6.45) is -0.763. The number of aromatic nitrogens is 4. The van der Waals surface area contributed by atoms with Crippen molar-refractivity contribution in [1.82, 2.24) is 19.4 Å². The van der Waals surface area contributed by atoms with Gasteiger partial charge in [-0.05, 0) is 37.3 Å². The lowest BCUT2D eigenvalue weighted by molar-refractivity contribution is -0.137. The summed E-state index contributed by atoms with van der Waals surface area (Å²) in [7, 11) is 0. The second kappa shape index (κ2) is 10.6. The zero-order valence-corrected chi connectivity index (χ0v) is 21.0. The molecule has 0 atom stereocenters. The van der Waals surface area contributed by atoms with E-state index < -0.39 is 34.6 Å². The van der Waals surface area contributed by atoms with Crippen LogP contribution < -0.4 is 5.32 Å². The van der Waals surface area contributed by atoms with Gasteiger partial charge in [-0.1, -0.05) is 36.9 Å². The Bertz CT molecular complexity index is 1720. The van der Waals surface area contributed by atoms with Crippen LogP contribution in [0.25, 0.3) is 34.1 Å². The maximum absolute atomic E-state index is 15.1. The molecule has 11 heteroatoms. The summed E-state index contributed by atoms with van der Waals surface area (Å²) in [6, 6.07) is 14.9. The number of pyridine rings is 1. The topological polar surface area (TPSA) is 81.4 Å². The zero-order chi connectivity index (χ0) is 28.4. The molecule has 40 heavy (non-hydrogen) atoms. The first-order valence-electron chi connectivity index (χ1n) is 12.1. The van der Waals surface area contributed by atoms with Crippen LogP contribution in [-0.2, 0) is 10.9 Å². The molecule has 0 saturated heterocycles. The number of ether oxygens (including phenoxy) is 1. The minimum Gasteiger partial charge on any atom is -0.494 e. The van der Waals surface area contributed by atoms with Gasteiger partial charge in [0.15, 0.2) is 5.82 Å². The summed E-state index contributed by atoms with van der Waals surface area (Å²) in [5.41, 5.74) is -0.331. The third-order valence-electron chi connectivity index (χ3n) is 6.01. The maximum atomic E-state index is 15.1. The monoisotopic (exact) mass is 547 g/mol. The van der Waals surface area contributed by atoms with Crippen molar-refractivity contribution in [2.45, 2.75) is 13.1 Å². The quantitative estimate of drug-likeness (QED) is 0.178. The van der Waals surface area contributed by atoms with Crippen molar-refractivity contribution in [3.8, 4) is 22.6 Å². The third-order valence-corrected chi connectivity index (χ3v) is 6.01. The summed E-state index contributed by atoms with van der Waals surface area (Å²) in [5.74, 6) is -2.01. The van der Waals surface area contributed by atoms with E-state index in [1.165, 1.54) is 18.5 Å². The molecule has 5 aromatic rings. The first-order valence-corrected chi connectivity index (χ1v) is 12.1. The van der Waals surface area contributed by atoms with Crippen LogP contribution in [0.3, 0.4) is 0 Å². The number of anilines is 1. The molecule has 3 aromatic heterocycles. The SMILES string of the molecule is C=C(OCC)c1ccn2c(NC(=O)c3cc(-c4ncccn4)c(C(F)(F)F)cc3F)c(-c3ccccc3)nc2c1. The second-order valence-electron chi connectivity index (χ2n) is 8.58. The van der Waals surface area contributed by atoms with Gasteiger partial charge in [0.05, 0.1) is 17.7 Å². The largest absolute Gasteiger partial charge is 0.494 e. The van der Waals surface area contributed by atoms with Gasteiger partial charge in [-0.25, -0.2) is 19.3 Å². The lowest BCUT2D eigenvalue weighted by Gasteiger charge is -2.15. The molecule has 0 aliphatic carbocycles. The fourth-order valence-corrected chi connectivity index (χ4v) is 4.17. The number of imidazole rings is 1. The van der Waals surface area contributed by atoms with E-state index in [2.05, 4.69) is 26.8 Å². The molecular formula is C29H21F4N5O2. The van der Waals surface area contributed by atoms with E-state index in [0.29, 0.717) is 34.8 Å². The van der Waals surface area contributed by atoms with E-state index in [4.69, 9.17) is 4.74 Å². The van der Waals surface area contributed by atoms with Gasteiger partial charge in [0.25, 0.3) is 5.91 Å². The number of halogens is 4. The van der Waals surface area contributed by atoms with Gasteiger partial charge >= 0.3 is 6.18 Å². The minimum absolute atomic E-state index is 0.191. The van der Waals surface area contributed by atoms with E-state index >= 15 is 4.39 Å². The molecule has 0 fully saturated rings. The molecule has 5 rings (SSSR count). The van der Waals surface area contributed by atoms with Crippen molar-refractivity contribution < 1.29 is 27.1 Å².